The highest BCUT2D eigenvalue weighted by atomic mass is 127. The lowest BCUT2D eigenvalue weighted by atomic mass is 10.1. The molecule has 1 amide bonds. The molecular formula is C18H26F3IN4O2. The van der Waals surface area contributed by atoms with E-state index in [1.165, 1.54) is 17.0 Å². The van der Waals surface area contributed by atoms with Gasteiger partial charge in [0.25, 0.3) is 0 Å². The van der Waals surface area contributed by atoms with E-state index in [1.54, 1.807) is 14.1 Å². The Morgan fingerprint density at radius 2 is 1.93 bits per heavy atom. The number of nitrogens with zero attached hydrogens (tertiary/aromatic N) is 2. The SMILES string of the molecule is CN(C)C(=O)CNC(=NCc1ccc(C(F)(F)F)cc1)NCC1CCCO1.I. The van der Waals surface area contributed by atoms with Gasteiger partial charge in [-0.05, 0) is 30.5 Å². The van der Waals surface area contributed by atoms with Crippen molar-refractivity contribution in [3.63, 3.8) is 0 Å². The smallest absolute Gasteiger partial charge is 0.376 e. The molecule has 0 aromatic heterocycles. The molecule has 1 heterocycles. The molecule has 1 aliphatic rings. The Kier molecular flexibility index (Phi) is 10.0. The zero-order valence-electron chi connectivity index (χ0n) is 15.9. The van der Waals surface area contributed by atoms with E-state index in [1.807, 2.05) is 0 Å². The lowest BCUT2D eigenvalue weighted by molar-refractivity contribution is -0.137. The van der Waals surface area contributed by atoms with Crippen molar-refractivity contribution in [3.8, 4) is 0 Å². The predicted octanol–water partition coefficient (Wildman–Crippen LogP) is 2.63. The summed E-state index contributed by atoms with van der Waals surface area (Å²) in [5, 5.41) is 6.07. The van der Waals surface area contributed by atoms with Gasteiger partial charge in [0.1, 0.15) is 0 Å². The van der Waals surface area contributed by atoms with Gasteiger partial charge in [-0.3, -0.25) is 4.79 Å². The predicted molar refractivity (Wildman–Crippen MR) is 112 cm³/mol. The standard InChI is InChI=1S/C18H25F3N4O2.HI/c1-25(2)16(26)12-24-17(23-11-15-4-3-9-27-15)22-10-13-5-7-14(8-6-13)18(19,20)21;/h5-8,15H,3-4,9-12H2,1-2H3,(H2,22,23,24);1H. The summed E-state index contributed by atoms with van der Waals surface area (Å²) in [5.41, 5.74) is -0.0539. The molecule has 0 saturated carbocycles. The number of amides is 1. The molecule has 28 heavy (non-hydrogen) atoms. The number of guanidine groups is 1. The molecule has 2 rings (SSSR count). The highest BCUT2D eigenvalue weighted by Gasteiger charge is 2.29. The normalized spacial score (nSPS) is 17.0. The van der Waals surface area contributed by atoms with Crippen LogP contribution in [0, 0.1) is 0 Å². The van der Waals surface area contributed by atoms with Crippen LogP contribution in [0.15, 0.2) is 29.3 Å². The average molecular weight is 514 g/mol. The largest absolute Gasteiger partial charge is 0.416 e. The van der Waals surface area contributed by atoms with Gasteiger partial charge in [0.15, 0.2) is 5.96 Å². The maximum atomic E-state index is 12.6. The Morgan fingerprint density at radius 1 is 1.25 bits per heavy atom. The van der Waals surface area contributed by atoms with Crippen LogP contribution >= 0.6 is 24.0 Å². The van der Waals surface area contributed by atoms with Crippen molar-refractivity contribution < 1.29 is 22.7 Å². The summed E-state index contributed by atoms with van der Waals surface area (Å²) >= 11 is 0. The van der Waals surface area contributed by atoms with Crippen molar-refractivity contribution in [1.82, 2.24) is 15.5 Å². The molecule has 10 heteroatoms. The molecule has 0 aliphatic carbocycles. The van der Waals surface area contributed by atoms with Gasteiger partial charge in [0.05, 0.1) is 24.8 Å². The first kappa shape index (κ1) is 24.5. The summed E-state index contributed by atoms with van der Waals surface area (Å²) in [6.07, 6.45) is -2.30. The van der Waals surface area contributed by atoms with Crippen LogP contribution in [-0.2, 0) is 22.3 Å². The molecule has 1 fully saturated rings. The molecule has 1 unspecified atom stereocenters. The van der Waals surface area contributed by atoms with Gasteiger partial charge in [-0.25, -0.2) is 4.99 Å². The molecule has 6 nitrogen and oxygen atoms in total. The number of carbonyl (C=O) groups excluding carboxylic acids is 1. The summed E-state index contributed by atoms with van der Waals surface area (Å²) < 4.78 is 43.4. The van der Waals surface area contributed by atoms with E-state index in [0.29, 0.717) is 18.1 Å². The van der Waals surface area contributed by atoms with Crippen molar-refractivity contribution in [3.05, 3.63) is 35.4 Å². The Balaban J connectivity index is 0.00000392. The summed E-state index contributed by atoms with van der Waals surface area (Å²) in [6, 6.07) is 4.87. The number of alkyl halides is 3. The molecule has 0 radical (unpaired) electrons. The average Bonchev–Trinajstić information content (AvgIpc) is 3.13. The first-order chi connectivity index (χ1) is 12.8. The monoisotopic (exact) mass is 514 g/mol. The molecule has 1 saturated heterocycles. The zero-order valence-corrected chi connectivity index (χ0v) is 18.2. The highest BCUT2D eigenvalue weighted by Crippen LogP contribution is 2.29. The number of ether oxygens (including phenoxy) is 1. The number of aliphatic imine (C=N–C) groups is 1. The summed E-state index contributed by atoms with van der Waals surface area (Å²) in [5.74, 6) is 0.303. The van der Waals surface area contributed by atoms with Gasteiger partial charge in [-0.2, -0.15) is 13.2 Å². The molecule has 1 aromatic carbocycles. The van der Waals surface area contributed by atoms with Crippen LogP contribution in [-0.4, -0.2) is 56.7 Å². The minimum absolute atomic E-state index is 0. The number of likely N-dealkylation sites (N-methyl/N-ethyl adjacent to an activating group) is 1. The van der Waals surface area contributed by atoms with Crippen LogP contribution < -0.4 is 10.6 Å². The fraction of sp³-hybridized carbons (Fsp3) is 0.556. The van der Waals surface area contributed by atoms with Gasteiger partial charge < -0.3 is 20.3 Å². The summed E-state index contributed by atoms with van der Waals surface area (Å²) in [4.78, 5) is 17.6. The Labute approximate surface area is 179 Å². The van der Waals surface area contributed by atoms with Crippen LogP contribution in [0.1, 0.15) is 24.0 Å². The second-order valence-electron chi connectivity index (χ2n) is 6.52. The van der Waals surface area contributed by atoms with Crippen LogP contribution in [0.25, 0.3) is 0 Å². The van der Waals surface area contributed by atoms with Crippen molar-refractivity contribution in [2.75, 3.05) is 33.8 Å². The van der Waals surface area contributed by atoms with E-state index < -0.39 is 11.7 Å². The second kappa shape index (κ2) is 11.4. The summed E-state index contributed by atoms with van der Waals surface area (Å²) in [7, 11) is 3.31. The van der Waals surface area contributed by atoms with E-state index in [0.717, 1.165) is 31.6 Å². The molecule has 2 N–H and O–H groups in total. The lowest BCUT2D eigenvalue weighted by Crippen LogP contribution is -2.45. The third kappa shape index (κ3) is 8.21. The van der Waals surface area contributed by atoms with E-state index in [2.05, 4.69) is 15.6 Å². The number of carbonyl (C=O) groups is 1. The quantitative estimate of drug-likeness (QED) is 0.348. The maximum absolute atomic E-state index is 12.6. The highest BCUT2D eigenvalue weighted by molar-refractivity contribution is 14.0. The van der Waals surface area contributed by atoms with Crippen LogP contribution in [0.3, 0.4) is 0 Å². The lowest BCUT2D eigenvalue weighted by Gasteiger charge is -2.17. The Bertz CT molecular complexity index is 645. The number of benzene rings is 1. The van der Waals surface area contributed by atoms with Crippen molar-refractivity contribution in [1.29, 1.82) is 0 Å². The minimum Gasteiger partial charge on any atom is -0.376 e. The second-order valence-corrected chi connectivity index (χ2v) is 6.52. The van der Waals surface area contributed by atoms with Crippen LogP contribution in [0.2, 0.25) is 0 Å². The van der Waals surface area contributed by atoms with Crippen LogP contribution in [0.4, 0.5) is 13.2 Å². The Morgan fingerprint density at radius 3 is 2.46 bits per heavy atom. The maximum Gasteiger partial charge on any atom is 0.416 e. The third-order valence-electron chi connectivity index (χ3n) is 4.13. The van der Waals surface area contributed by atoms with Gasteiger partial charge in [0.2, 0.25) is 5.91 Å². The van der Waals surface area contributed by atoms with Gasteiger partial charge in [-0.15, -0.1) is 24.0 Å². The summed E-state index contributed by atoms with van der Waals surface area (Å²) in [6.45, 7) is 1.54. The Hall–Kier alpha value is -1.56. The van der Waals surface area contributed by atoms with Crippen molar-refractivity contribution >= 4 is 35.8 Å². The number of halogens is 4. The van der Waals surface area contributed by atoms with Crippen molar-refractivity contribution in [2.24, 2.45) is 4.99 Å². The topological polar surface area (TPSA) is 66.0 Å². The molecule has 1 atom stereocenters. The number of hydrogen-bond acceptors (Lipinski definition) is 3. The molecule has 1 aliphatic heterocycles. The fourth-order valence-corrected chi connectivity index (χ4v) is 2.48. The fourth-order valence-electron chi connectivity index (χ4n) is 2.48. The third-order valence-corrected chi connectivity index (χ3v) is 4.13. The number of hydrogen-bond donors (Lipinski definition) is 2. The first-order valence-electron chi connectivity index (χ1n) is 8.76. The van der Waals surface area contributed by atoms with Gasteiger partial charge in [0, 0.05) is 27.2 Å². The van der Waals surface area contributed by atoms with Gasteiger partial charge >= 0.3 is 6.18 Å². The van der Waals surface area contributed by atoms with E-state index in [9.17, 15) is 18.0 Å². The number of nitrogens with one attached hydrogen (secondary N) is 2. The molecular weight excluding hydrogens is 488 g/mol. The van der Waals surface area contributed by atoms with E-state index in [4.69, 9.17) is 4.74 Å². The molecule has 0 bridgehead atoms. The zero-order chi connectivity index (χ0) is 19.9. The first-order valence-corrected chi connectivity index (χ1v) is 8.76. The minimum atomic E-state index is -4.36. The van der Waals surface area contributed by atoms with Crippen molar-refractivity contribution in [2.45, 2.75) is 31.7 Å². The molecule has 1 aromatic rings. The molecule has 158 valence electrons. The van der Waals surface area contributed by atoms with E-state index in [-0.39, 0.29) is 49.1 Å². The van der Waals surface area contributed by atoms with E-state index >= 15 is 0 Å². The van der Waals surface area contributed by atoms with Crippen LogP contribution in [0.5, 0.6) is 0 Å². The van der Waals surface area contributed by atoms with Gasteiger partial charge in [-0.1, -0.05) is 12.1 Å². The molecule has 0 spiro atoms. The number of rotatable bonds is 6.